The van der Waals surface area contributed by atoms with Crippen LogP contribution in [0, 0.1) is 0 Å². The van der Waals surface area contributed by atoms with Crippen molar-refractivity contribution in [3.05, 3.63) is 28.8 Å². The first-order valence-electron chi connectivity index (χ1n) is 7.77. The van der Waals surface area contributed by atoms with Crippen molar-refractivity contribution in [3.8, 4) is 11.5 Å². The zero-order chi connectivity index (χ0) is 19.1. The van der Waals surface area contributed by atoms with E-state index in [4.69, 9.17) is 25.8 Å². The van der Waals surface area contributed by atoms with Gasteiger partial charge in [0.15, 0.2) is 17.6 Å². The quantitative estimate of drug-likeness (QED) is 0.629. The minimum Gasteiger partial charge on any atom is -0.489 e. The predicted octanol–water partition coefficient (Wildman–Crippen LogP) is 2.33. The van der Waals surface area contributed by atoms with Gasteiger partial charge in [-0.1, -0.05) is 11.6 Å². The first kappa shape index (κ1) is 19.6. The Kier molecular flexibility index (Phi) is 6.85. The number of fused-ring (bicyclic) bond motifs is 1. The number of carbonyl (C=O) groups is 3. The molecule has 1 aliphatic rings. The van der Waals surface area contributed by atoms with Gasteiger partial charge in [-0.25, -0.2) is 9.59 Å². The van der Waals surface area contributed by atoms with Gasteiger partial charge < -0.3 is 18.9 Å². The standard InChI is InChI=1S/C17H18ClNO7/c1-10(16(21)19-17(22)23-2)26-14(20)5-4-11-8-12(18)15-13(9-11)24-6-3-7-25-15/h4-5,8-10H,3,6-7H2,1-2H3,(H,19,21,22)/b5-4+/t10-/m0/s1. The van der Waals surface area contributed by atoms with Crippen LogP contribution in [0.2, 0.25) is 5.02 Å². The van der Waals surface area contributed by atoms with E-state index < -0.39 is 24.1 Å². The lowest BCUT2D eigenvalue weighted by atomic mass is 10.2. The maximum atomic E-state index is 11.8. The molecule has 26 heavy (non-hydrogen) atoms. The molecule has 0 spiro atoms. The van der Waals surface area contributed by atoms with E-state index in [1.807, 2.05) is 5.32 Å². The highest BCUT2D eigenvalue weighted by Gasteiger charge is 2.19. The number of alkyl carbamates (subject to hydrolysis) is 1. The molecular weight excluding hydrogens is 366 g/mol. The summed E-state index contributed by atoms with van der Waals surface area (Å²) in [6.07, 6.45) is 1.24. The van der Waals surface area contributed by atoms with E-state index in [0.29, 0.717) is 35.3 Å². The van der Waals surface area contributed by atoms with Crippen molar-refractivity contribution in [2.24, 2.45) is 0 Å². The molecule has 0 fully saturated rings. The molecule has 0 saturated carbocycles. The van der Waals surface area contributed by atoms with Crippen LogP contribution >= 0.6 is 11.6 Å². The molecule has 1 aromatic carbocycles. The summed E-state index contributed by atoms with van der Waals surface area (Å²) in [7, 11) is 1.11. The average molecular weight is 384 g/mol. The van der Waals surface area contributed by atoms with Crippen LogP contribution in [0.5, 0.6) is 11.5 Å². The summed E-state index contributed by atoms with van der Waals surface area (Å²) < 4.78 is 20.3. The number of esters is 1. The van der Waals surface area contributed by atoms with E-state index in [2.05, 4.69) is 4.74 Å². The van der Waals surface area contributed by atoms with Crippen LogP contribution in [0.1, 0.15) is 18.9 Å². The highest BCUT2D eigenvalue weighted by atomic mass is 35.5. The van der Waals surface area contributed by atoms with E-state index in [1.165, 1.54) is 13.0 Å². The van der Waals surface area contributed by atoms with Gasteiger partial charge >= 0.3 is 12.1 Å². The molecule has 0 radical (unpaired) electrons. The van der Waals surface area contributed by atoms with Crippen LogP contribution in [-0.4, -0.2) is 44.4 Å². The first-order chi connectivity index (χ1) is 12.4. The number of methoxy groups -OCH3 is 1. The van der Waals surface area contributed by atoms with E-state index in [0.717, 1.165) is 19.6 Å². The molecule has 8 nitrogen and oxygen atoms in total. The minimum absolute atomic E-state index is 0.364. The number of imide groups is 1. The van der Waals surface area contributed by atoms with Gasteiger partial charge in [0.2, 0.25) is 0 Å². The molecule has 1 atom stereocenters. The Morgan fingerprint density at radius 2 is 2.00 bits per heavy atom. The Balaban J connectivity index is 1.99. The number of amides is 2. The zero-order valence-corrected chi connectivity index (χ0v) is 15.0. The molecule has 2 rings (SSSR count). The summed E-state index contributed by atoms with van der Waals surface area (Å²) in [6.45, 7) is 2.35. The number of carbonyl (C=O) groups excluding carboxylic acids is 3. The fourth-order valence-corrected chi connectivity index (χ4v) is 2.31. The molecule has 0 saturated heterocycles. The second-order valence-corrected chi connectivity index (χ2v) is 5.68. The van der Waals surface area contributed by atoms with Gasteiger partial charge in [0.05, 0.1) is 25.3 Å². The topological polar surface area (TPSA) is 100 Å². The van der Waals surface area contributed by atoms with Gasteiger partial charge in [-0.3, -0.25) is 10.1 Å². The largest absolute Gasteiger partial charge is 0.489 e. The van der Waals surface area contributed by atoms with Gasteiger partial charge in [0, 0.05) is 12.5 Å². The van der Waals surface area contributed by atoms with Crippen molar-refractivity contribution < 1.29 is 33.3 Å². The Bertz CT molecular complexity index is 732. The molecule has 0 aliphatic carbocycles. The van der Waals surface area contributed by atoms with Crippen molar-refractivity contribution in [2.45, 2.75) is 19.4 Å². The highest BCUT2D eigenvalue weighted by Crippen LogP contribution is 2.38. The SMILES string of the molecule is COC(=O)NC(=O)[C@H](C)OC(=O)/C=C/c1cc(Cl)c2c(c1)OCCCO2. The third kappa shape index (κ3) is 5.38. The highest BCUT2D eigenvalue weighted by molar-refractivity contribution is 6.32. The van der Waals surface area contributed by atoms with E-state index in [1.54, 1.807) is 12.1 Å². The van der Waals surface area contributed by atoms with Gasteiger partial charge in [0.25, 0.3) is 5.91 Å². The molecular formula is C17H18ClNO7. The number of ether oxygens (including phenoxy) is 4. The van der Waals surface area contributed by atoms with Crippen molar-refractivity contribution in [3.63, 3.8) is 0 Å². The molecule has 1 N–H and O–H groups in total. The zero-order valence-electron chi connectivity index (χ0n) is 14.2. The first-order valence-corrected chi connectivity index (χ1v) is 8.15. The van der Waals surface area contributed by atoms with Crippen molar-refractivity contribution in [1.82, 2.24) is 5.32 Å². The lowest BCUT2D eigenvalue weighted by molar-refractivity contribution is -0.149. The summed E-state index contributed by atoms with van der Waals surface area (Å²) >= 11 is 6.17. The van der Waals surface area contributed by atoms with Crippen molar-refractivity contribution in [2.75, 3.05) is 20.3 Å². The summed E-state index contributed by atoms with van der Waals surface area (Å²) in [5.74, 6) is -0.594. The monoisotopic (exact) mass is 383 g/mol. The van der Waals surface area contributed by atoms with E-state index in [-0.39, 0.29) is 0 Å². The van der Waals surface area contributed by atoms with Gasteiger partial charge in [-0.15, -0.1) is 0 Å². The maximum absolute atomic E-state index is 11.8. The van der Waals surface area contributed by atoms with Gasteiger partial charge in [-0.05, 0) is 30.7 Å². The van der Waals surface area contributed by atoms with Gasteiger partial charge in [-0.2, -0.15) is 0 Å². The number of hydrogen-bond donors (Lipinski definition) is 1. The number of nitrogens with one attached hydrogen (secondary N) is 1. The van der Waals surface area contributed by atoms with Crippen LogP contribution in [0.25, 0.3) is 6.08 Å². The normalized spacial score (nSPS) is 14.3. The summed E-state index contributed by atoms with van der Waals surface area (Å²) in [5.41, 5.74) is 0.600. The molecule has 1 heterocycles. The fraction of sp³-hybridized carbons (Fsp3) is 0.353. The summed E-state index contributed by atoms with van der Waals surface area (Å²) in [4.78, 5) is 34.4. The molecule has 0 aromatic heterocycles. The second-order valence-electron chi connectivity index (χ2n) is 5.27. The summed E-state index contributed by atoms with van der Waals surface area (Å²) in [6, 6.07) is 3.30. The molecule has 0 unspecified atom stereocenters. The Morgan fingerprint density at radius 1 is 1.27 bits per heavy atom. The second kappa shape index (κ2) is 9.10. The lowest BCUT2D eigenvalue weighted by Crippen LogP contribution is -2.39. The Hall–Kier alpha value is -2.74. The predicted molar refractivity (Wildman–Crippen MR) is 92.2 cm³/mol. The third-order valence-corrected chi connectivity index (χ3v) is 3.59. The Labute approximate surface area is 155 Å². The lowest BCUT2D eigenvalue weighted by Gasteiger charge is -2.11. The number of benzene rings is 1. The smallest absolute Gasteiger partial charge is 0.413 e. The number of halogens is 1. The van der Waals surface area contributed by atoms with E-state index in [9.17, 15) is 14.4 Å². The molecule has 9 heteroatoms. The van der Waals surface area contributed by atoms with Crippen LogP contribution < -0.4 is 14.8 Å². The maximum Gasteiger partial charge on any atom is 0.413 e. The average Bonchev–Trinajstić information content (AvgIpc) is 2.85. The molecule has 140 valence electrons. The van der Waals surface area contributed by atoms with Crippen LogP contribution in [0.3, 0.4) is 0 Å². The fourth-order valence-electron chi connectivity index (χ4n) is 2.03. The third-order valence-electron chi connectivity index (χ3n) is 3.31. The minimum atomic E-state index is -1.17. The van der Waals surface area contributed by atoms with Crippen LogP contribution in [0.15, 0.2) is 18.2 Å². The van der Waals surface area contributed by atoms with E-state index >= 15 is 0 Å². The van der Waals surface area contributed by atoms with Crippen LogP contribution in [0.4, 0.5) is 4.79 Å². The van der Waals surface area contributed by atoms with Crippen LogP contribution in [-0.2, 0) is 19.1 Å². The van der Waals surface area contributed by atoms with Crippen molar-refractivity contribution in [1.29, 1.82) is 0 Å². The Morgan fingerprint density at radius 3 is 2.73 bits per heavy atom. The molecule has 1 aromatic rings. The number of rotatable bonds is 4. The van der Waals surface area contributed by atoms with Gasteiger partial charge in [0.1, 0.15) is 0 Å². The summed E-state index contributed by atoms with van der Waals surface area (Å²) in [5, 5.41) is 2.27. The molecule has 1 aliphatic heterocycles. The number of hydrogen-bond acceptors (Lipinski definition) is 7. The molecule has 2 amide bonds. The molecule has 0 bridgehead atoms. The van der Waals surface area contributed by atoms with Crippen molar-refractivity contribution >= 4 is 35.6 Å².